The molecule has 8 aromatic carbocycles. The van der Waals surface area contributed by atoms with Gasteiger partial charge in [0, 0.05) is 9.52 Å². The fourth-order valence-electron chi connectivity index (χ4n) is 7.81. The minimum atomic E-state index is -0.826. The molecule has 0 saturated heterocycles. The van der Waals surface area contributed by atoms with Crippen LogP contribution in [0.15, 0.2) is 158 Å². The zero-order valence-electron chi connectivity index (χ0n) is 35.0. The zero-order chi connectivity index (χ0) is 41.3. The van der Waals surface area contributed by atoms with Crippen LogP contribution in [0, 0.1) is 13.8 Å². The number of benzene rings is 6. The summed E-state index contributed by atoms with van der Waals surface area (Å²) < 4.78 is 0. The van der Waals surface area contributed by atoms with E-state index in [0.29, 0.717) is 0 Å². The van der Waals surface area contributed by atoms with Crippen molar-refractivity contribution in [2.45, 2.75) is 79.3 Å². The molecular weight excluding hydrogens is 839 g/mol. The summed E-state index contributed by atoms with van der Waals surface area (Å²) in [4.78, 5) is 0. The molecule has 4 heteroatoms. The van der Waals surface area contributed by atoms with E-state index in [4.69, 9.17) is 17.0 Å². The third kappa shape index (κ3) is 11.7. The summed E-state index contributed by atoms with van der Waals surface area (Å²) in [6, 6.07) is 57.7. The van der Waals surface area contributed by atoms with Gasteiger partial charge in [-0.25, -0.2) is 0 Å². The molecule has 0 saturated carbocycles. The SMILES string of the molecule is CCCCc1cc2c(-c3ccccc3-c3ccccc3)c(C)ccc2[cH-]1.CCCCc1cc2c(-c3ccccc3-c3ccccc3)c(C)ccc2[cH-]1.C[Si]C.[Cl][Zr+2][Cl]. The first-order valence-corrected chi connectivity index (χ1v) is 28.9. The Kier molecular flexibility index (Phi) is 18.5. The first kappa shape index (κ1) is 45.3. The van der Waals surface area contributed by atoms with Crippen molar-refractivity contribution in [3.05, 3.63) is 180 Å². The fraction of sp³-hybridized carbons (Fsp3) is 0.222. The van der Waals surface area contributed by atoms with Crippen molar-refractivity contribution in [2.24, 2.45) is 0 Å². The maximum atomic E-state index is 4.93. The van der Waals surface area contributed by atoms with Gasteiger partial charge < -0.3 is 0 Å². The Morgan fingerprint density at radius 2 is 0.810 bits per heavy atom. The second kappa shape index (κ2) is 23.7. The van der Waals surface area contributed by atoms with Gasteiger partial charge in [0.15, 0.2) is 0 Å². The summed E-state index contributed by atoms with van der Waals surface area (Å²) in [6.07, 6.45) is 7.33. The standard InChI is InChI=1S/2C26H25.C2H6Si.2ClH.Zr/c2*1-3-4-10-20-17-22-16-15-19(2)26(25(22)18-20)24-14-9-8-13-23(24)21-11-6-5-7-12-21;1-3-2;;;/h2*5-9,11-18H,3-4,10H2,1-2H3;1-2H3;2*1H;/q2*-1;;;;+4/p-2. The van der Waals surface area contributed by atoms with Gasteiger partial charge in [0.25, 0.3) is 0 Å². The van der Waals surface area contributed by atoms with Crippen molar-refractivity contribution < 1.29 is 20.8 Å². The van der Waals surface area contributed by atoms with E-state index in [2.05, 4.69) is 199 Å². The van der Waals surface area contributed by atoms with E-state index < -0.39 is 20.8 Å². The summed E-state index contributed by atoms with van der Waals surface area (Å²) in [6.45, 7) is 13.3. The first-order chi connectivity index (χ1) is 28.4. The zero-order valence-corrected chi connectivity index (χ0v) is 40.0. The van der Waals surface area contributed by atoms with E-state index in [-0.39, 0.29) is 0 Å². The molecule has 0 spiro atoms. The predicted octanol–water partition coefficient (Wildman–Crippen LogP) is 17.3. The van der Waals surface area contributed by atoms with E-state index >= 15 is 0 Å². The number of rotatable bonds is 10. The molecule has 0 aliphatic rings. The van der Waals surface area contributed by atoms with Crippen molar-refractivity contribution in [1.29, 1.82) is 0 Å². The van der Waals surface area contributed by atoms with Crippen LogP contribution in [0.4, 0.5) is 0 Å². The summed E-state index contributed by atoms with van der Waals surface area (Å²) in [7, 11) is 11.0. The topological polar surface area (TPSA) is 0 Å². The van der Waals surface area contributed by atoms with Crippen LogP contribution in [0.1, 0.15) is 61.8 Å². The van der Waals surface area contributed by atoms with Crippen LogP contribution in [0.5, 0.6) is 0 Å². The molecule has 0 aliphatic heterocycles. The van der Waals surface area contributed by atoms with Gasteiger partial charge in [-0.3, -0.25) is 0 Å². The second-order valence-corrected chi connectivity index (χ2v) is 19.6. The molecule has 294 valence electrons. The van der Waals surface area contributed by atoms with Gasteiger partial charge >= 0.3 is 37.9 Å². The molecule has 0 fully saturated rings. The summed E-state index contributed by atoms with van der Waals surface area (Å²) in [5.74, 6) is 0. The maximum absolute atomic E-state index is 4.93. The Morgan fingerprint density at radius 1 is 0.483 bits per heavy atom. The van der Waals surface area contributed by atoms with Crippen molar-refractivity contribution >= 4 is 48.1 Å². The van der Waals surface area contributed by atoms with Crippen molar-refractivity contribution in [3.63, 3.8) is 0 Å². The number of unbranched alkanes of at least 4 members (excludes halogenated alkanes) is 2. The van der Waals surface area contributed by atoms with Crippen LogP contribution in [0.3, 0.4) is 0 Å². The van der Waals surface area contributed by atoms with Crippen molar-refractivity contribution in [1.82, 2.24) is 0 Å². The Hall–Kier alpha value is -3.78. The van der Waals surface area contributed by atoms with Gasteiger partial charge in [-0.15, -0.1) is 69.1 Å². The van der Waals surface area contributed by atoms with Crippen LogP contribution in [-0.4, -0.2) is 9.52 Å². The van der Waals surface area contributed by atoms with E-state index in [1.807, 2.05) is 0 Å². The van der Waals surface area contributed by atoms with Crippen LogP contribution < -0.4 is 0 Å². The molecule has 0 heterocycles. The van der Waals surface area contributed by atoms with E-state index in [0.717, 1.165) is 9.52 Å². The monoisotopic (exact) mass is 892 g/mol. The molecule has 0 aliphatic carbocycles. The second-order valence-electron chi connectivity index (χ2n) is 14.8. The van der Waals surface area contributed by atoms with Crippen LogP contribution in [0.2, 0.25) is 13.1 Å². The predicted molar refractivity (Wildman–Crippen MR) is 257 cm³/mol. The molecule has 8 aromatic rings. The molecule has 0 aromatic heterocycles. The van der Waals surface area contributed by atoms with E-state index in [1.165, 1.54) is 127 Å². The van der Waals surface area contributed by atoms with Crippen molar-refractivity contribution in [2.75, 3.05) is 0 Å². The molecule has 0 amide bonds. The average Bonchev–Trinajstić information content (AvgIpc) is 3.87. The quantitative estimate of drug-likeness (QED) is 0.0948. The molecule has 8 rings (SSSR count). The van der Waals surface area contributed by atoms with Gasteiger partial charge in [0.2, 0.25) is 0 Å². The molecule has 2 radical (unpaired) electrons. The summed E-state index contributed by atoms with van der Waals surface area (Å²) in [5.41, 5.74) is 16.2. The van der Waals surface area contributed by atoms with Crippen LogP contribution in [0.25, 0.3) is 66.1 Å². The van der Waals surface area contributed by atoms with E-state index in [1.54, 1.807) is 0 Å². The number of halogens is 2. The first-order valence-electron chi connectivity index (χ1n) is 20.6. The molecule has 0 bridgehead atoms. The summed E-state index contributed by atoms with van der Waals surface area (Å²) >= 11 is -0.826. The molecule has 0 nitrogen and oxygen atoms in total. The molecule has 0 unspecified atom stereocenters. The normalized spacial score (nSPS) is 10.5. The Labute approximate surface area is 369 Å². The fourth-order valence-corrected chi connectivity index (χ4v) is 7.81. The number of fused-ring (bicyclic) bond motifs is 2. The van der Waals surface area contributed by atoms with Crippen LogP contribution >= 0.6 is 17.0 Å². The third-order valence-electron chi connectivity index (χ3n) is 10.5. The number of hydrogen-bond donors (Lipinski definition) is 0. The van der Waals surface area contributed by atoms with Gasteiger partial charge in [-0.1, -0.05) is 184 Å². The molecule has 0 N–H and O–H groups in total. The van der Waals surface area contributed by atoms with Gasteiger partial charge in [-0.2, -0.15) is 12.1 Å². The van der Waals surface area contributed by atoms with Gasteiger partial charge in [0.1, 0.15) is 0 Å². The molecule has 0 atom stereocenters. The Morgan fingerprint density at radius 3 is 1.16 bits per heavy atom. The molecular formula is C54H56Cl2SiZr. The van der Waals surface area contributed by atoms with Gasteiger partial charge in [0.05, 0.1) is 0 Å². The number of hydrogen-bond acceptors (Lipinski definition) is 0. The van der Waals surface area contributed by atoms with Crippen molar-refractivity contribution in [3.8, 4) is 44.5 Å². The van der Waals surface area contributed by atoms with E-state index in [9.17, 15) is 0 Å². The Bertz CT molecular complexity index is 2270. The Balaban J connectivity index is 0.000000195. The molecule has 58 heavy (non-hydrogen) atoms. The minimum absolute atomic E-state index is 0.826. The van der Waals surface area contributed by atoms with Crippen LogP contribution in [-0.2, 0) is 33.7 Å². The summed E-state index contributed by atoms with van der Waals surface area (Å²) in [5, 5.41) is 5.50. The average molecular weight is 895 g/mol. The van der Waals surface area contributed by atoms with Gasteiger partial charge in [-0.05, 0) is 60.1 Å². The number of aryl methyl sites for hydroxylation is 4. The third-order valence-corrected chi connectivity index (χ3v) is 10.5.